The molecule has 0 atom stereocenters. The van der Waals surface area contributed by atoms with Crippen molar-refractivity contribution in [2.24, 2.45) is 0 Å². The molecule has 0 bridgehead atoms. The van der Waals surface area contributed by atoms with Crippen molar-refractivity contribution in [2.75, 3.05) is 5.88 Å². The van der Waals surface area contributed by atoms with Gasteiger partial charge < -0.3 is 5.32 Å². The highest BCUT2D eigenvalue weighted by molar-refractivity contribution is 6.31. The topological polar surface area (TPSA) is 12.0 Å². The number of hydrogen-bond donors (Lipinski definition) is 1. The van der Waals surface area contributed by atoms with Gasteiger partial charge >= 0.3 is 0 Å². The summed E-state index contributed by atoms with van der Waals surface area (Å²) in [6, 6.07) is 4.83. The lowest BCUT2D eigenvalue weighted by Gasteiger charge is -2.25. The second-order valence-electron chi connectivity index (χ2n) is 4.39. The average molecular weight is 264 g/mol. The molecule has 0 spiro atoms. The predicted octanol–water partition coefficient (Wildman–Crippen LogP) is 3.98. The van der Waals surface area contributed by atoms with Crippen LogP contribution in [0.4, 0.5) is 4.39 Å². The molecule has 0 aromatic heterocycles. The molecule has 1 aromatic carbocycles. The lowest BCUT2D eigenvalue weighted by molar-refractivity contribution is 0.376. The Morgan fingerprint density at radius 1 is 1.38 bits per heavy atom. The first-order valence-corrected chi connectivity index (χ1v) is 6.11. The molecule has 90 valence electrons. The van der Waals surface area contributed by atoms with E-state index in [2.05, 4.69) is 19.2 Å². The Bertz CT molecular complexity index is 353. The van der Waals surface area contributed by atoms with E-state index in [0.717, 1.165) is 12.0 Å². The van der Waals surface area contributed by atoms with Gasteiger partial charge in [0.05, 0.1) is 5.02 Å². The smallest absolute Gasteiger partial charge is 0.142 e. The fraction of sp³-hybridized carbons (Fsp3) is 0.500. The maximum Gasteiger partial charge on any atom is 0.142 e. The highest BCUT2D eigenvalue weighted by Crippen LogP contribution is 2.20. The van der Waals surface area contributed by atoms with Crippen molar-refractivity contribution >= 4 is 23.2 Å². The second-order valence-corrected chi connectivity index (χ2v) is 5.15. The van der Waals surface area contributed by atoms with Gasteiger partial charge in [-0.15, -0.1) is 11.6 Å². The van der Waals surface area contributed by atoms with E-state index in [4.69, 9.17) is 23.2 Å². The SMILES string of the molecule is CC(C)(CCCl)NCc1cccc(F)c1Cl. The van der Waals surface area contributed by atoms with Crippen LogP contribution in [0, 0.1) is 5.82 Å². The van der Waals surface area contributed by atoms with Crippen LogP contribution in [-0.4, -0.2) is 11.4 Å². The first kappa shape index (κ1) is 13.8. The minimum Gasteiger partial charge on any atom is -0.308 e. The molecule has 1 N–H and O–H groups in total. The molecule has 0 heterocycles. The summed E-state index contributed by atoms with van der Waals surface area (Å²) in [7, 11) is 0. The van der Waals surface area contributed by atoms with Crippen molar-refractivity contribution in [2.45, 2.75) is 32.4 Å². The molecule has 0 fully saturated rings. The summed E-state index contributed by atoms with van der Waals surface area (Å²) < 4.78 is 13.2. The quantitative estimate of drug-likeness (QED) is 0.793. The molecular weight excluding hydrogens is 248 g/mol. The lowest BCUT2D eigenvalue weighted by Crippen LogP contribution is -2.39. The van der Waals surface area contributed by atoms with Gasteiger partial charge in [-0.25, -0.2) is 4.39 Å². The summed E-state index contributed by atoms with van der Waals surface area (Å²) in [5, 5.41) is 3.50. The minimum absolute atomic E-state index is 0.0720. The Labute approximate surface area is 106 Å². The van der Waals surface area contributed by atoms with Gasteiger partial charge in [0.1, 0.15) is 5.82 Å². The van der Waals surface area contributed by atoms with Gasteiger partial charge in [0.15, 0.2) is 0 Å². The maximum atomic E-state index is 13.2. The van der Waals surface area contributed by atoms with Gasteiger partial charge in [-0.2, -0.15) is 0 Å². The largest absolute Gasteiger partial charge is 0.308 e. The van der Waals surface area contributed by atoms with Crippen LogP contribution in [0.1, 0.15) is 25.8 Å². The highest BCUT2D eigenvalue weighted by atomic mass is 35.5. The molecule has 0 amide bonds. The minimum atomic E-state index is -0.379. The third kappa shape index (κ3) is 3.93. The maximum absolute atomic E-state index is 13.2. The Morgan fingerprint density at radius 2 is 2.06 bits per heavy atom. The van der Waals surface area contributed by atoms with E-state index < -0.39 is 0 Å². The molecule has 1 nitrogen and oxygen atoms in total. The molecule has 0 radical (unpaired) electrons. The van der Waals surface area contributed by atoms with Crippen LogP contribution in [0.2, 0.25) is 5.02 Å². The van der Waals surface area contributed by atoms with Crippen molar-refractivity contribution in [1.82, 2.24) is 5.32 Å². The second kappa shape index (κ2) is 5.85. The van der Waals surface area contributed by atoms with Crippen molar-refractivity contribution in [3.8, 4) is 0 Å². The van der Waals surface area contributed by atoms with Crippen LogP contribution >= 0.6 is 23.2 Å². The van der Waals surface area contributed by atoms with E-state index in [-0.39, 0.29) is 16.4 Å². The van der Waals surface area contributed by atoms with Crippen LogP contribution in [0.25, 0.3) is 0 Å². The Hall–Kier alpha value is -0.310. The van der Waals surface area contributed by atoms with Gasteiger partial charge in [-0.3, -0.25) is 0 Å². The summed E-state index contributed by atoms with van der Waals surface area (Å²) in [4.78, 5) is 0. The zero-order valence-electron chi connectivity index (χ0n) is 9.49. The van der Waals surface area contributed by atoms with Gasteiger partial charge in [0.25, 0.3) is 0 Å². The molecule has 0 aliphatic rings. The van der Waals surface area contributed by atoms with E-state index in [0.29, 0.717) is 12.4 Å². The molecule has 16 heavy (non-hydrogen) atoms. The Balaban J connectivity index is 2.64. The molecular formula is C12H16Cl2FN. The van der Waals surface area contributed by atoms with Crippen LogP contribution in [-0.2, 0) is 6.54 Å². The number of alkyl halides is 1. The van der Waals surface area contributed by atoms with Crippen LogP contribution < -0.4 is 5.32 Å². The fourth-order valence-corrected chi connectivity index (χ4v) is 2.01. The molecule has 0 aliphatic heterocycles. The summed E-state index contributed by atoms with van der Waals surface area (Å²) >= 11 is 11.6. The van der Waals surface area contributed by atoms with Crippen LogP contribution in [0.15, 0.2) is 18.2 Å². The number of rotatable bonds is 5. The van der Waals surface area contributed by atoms with Gasteiger partial charge in [0.2, 0.25) is 0 Å². The van der Waals surface area contributed by atoms with Crippen LogP contribution in [0.5, 0.6) is 0 Å². The molecule has 1 rings (SSSR count). The third-order valence-corrected chi connectivity index (χ3v) is 3.12. The van der Waals surface area contributed by atoms with Gasteiger partial charge in [-0.05, 0) is 31.9 Å². The van der Waals surface area contributed by atoms with E-state index in [1.54, 1.807) is 6.07 Å². The van der Waals surface area contributed by atoms with E-state index >= 15 is 0 Å². The number of halogens is 3. The predicted molar refractivity (Wildman–Crippen MR) is 67.7 cm³/mol. The molecule has 0 aliphatic carbocycles. The van der Waals surface area contributed by atoms with Gasteiger partial charge in [0, 0.05) is 18.0 Å². The molecule has 0 saturated carbocycles. The van der Waals surface area contributed by atoms with E-state index in [1.165, 1.54) is 6.07 Å². The van der Waals surface area contributed by atoms with Crippen molar-refractivity contribution in [3.63, 3.8) is 0 Å². The van der Waals surface area contributed by atoms with Crippen LogP contribution in [0.3, 0.4) is 0 Å². The van der Waals surface area contributed by atoms with Crippen molar-refractivity contribution in [1.29, 1.82) is 0 Å². The summed E-state index contributed by atoms with van der Waals surface area (Å²) in [6.45, 7) is 4.66. The first-order valence-electron chi connectivity index (χ1n) is 5.20. The first-order chi connectivity index (χ1) is 7.46. The lowest BCUT2D eigenvalue weighted by atomic mass is 10.0. The summed E-state index contributed by atoms with van der Waals surface area (Å²) in [5.74, 6) is 0.216. The van der Waals surface area contributed by atoms with Gasteiger partial charge in [-0.1, -0.05) is 23.7 Å². The molecule has 0 unspecified atom stereocenters. The average Bonchev–Trinajstić information content (AvgIpc) is 2.20. The molecule has 0 saturated heterocycles. The van der Waals surface area contributed by atoms with Crippen molar-refractivity contribution < 1.29 is 4.39 Å². The number of benzene rings is 1. The monoisotopic (exact) mass is 263 g/mol. The Morgan fingerprint density at radius 3 is 2.69 bits per heavy atom. The molecule has 4 heteroatoms. The normalized spacial score (nSPS) is 11.8. The standard InChI is InChI=1S/C12H16Cl2FN/c1-12(2,6-7-13)16-8-9-4-3-5-10(15)11(9)14/h3-5,16H,6-8H2,1-2H3. The fourth-order valence-electron chi connectivity index (χ4n) is 1.34. The third-order valence-electron chi connectivity index (χ3n) is 2.51. The summed E-state index contributed by atoms with van der Waals surface area (Å²) in [6.07, 6.45) is 0.849. The Kier molecular flexibility index (Phi) is 5.03. The van der Waals surface area contributed by atoms with Crippen molar-refractivity contribution in [3.05, 3.63) is 34.6 Å². The van der Waals surface area contributed by atoms with E-state index in [1.807, 2.05) is 6.07 Å². The highest BCUT2D eigenvalue weighted by Gasteiger charge is 2.16. The number of nitrogens with one attached hydrogen (secondary N) is 1. The zero-order chi connectivity index (χ0) is 12.2. The number of hydrogen-bond acceptors (Lipinski definition) is 1. The van der Waals surface area contributed by atoms with E-state index in [9.17, 15) is 4.39 Å². The summed E-state index contributed by atoms with van der Waals surface area (Å²) in [5.41, 5.74) is 0.696. The zero-order valence-corrected chi connectivity index (χ0v) is 11.0. The molecule has 1 aromatic rings.